The zero-order valence-electron chi connectivity index (χ0n) is 18.2. The van der Waals surface area contributed by atoms with Crippen LogP contribution in [0, 0.1) is 0 Å². The van der Waals surface area contributed by atoms with E-state index < -0.39 is 10.0 Å². The third kappa shape index (κ3) is 4.27. The molecule has 0 saturated carbocycles. The van der Waals surface area contributed by atoms with Crippen molar-refractivity contribution in [3.05, 3.63) is 60.6 Å². The van der Waals surface area contributed by atoms with Crippen molar-refractivity contribution in [3.8, 4) is 5.75 Å². The second kappa shape index (κ2) is 8.24. The van der Waals surface area contributed by atoms with Crippen LogP contribution in [0.2, 0.25) is 0 Å². The Kier molecular flexibility index (Phi) is 5.25. The SMILES string of the molecule is CN(c1ncccc1Cn1ccc2cnc(Nc3ccc4c(c3)NCCO4)nc21)S(C)(=O)=O. The van der Waals surface area contributed by atoms with E-state index in [0.29, 0.717) is 24.9 Å². The van der Waals surface area contributed by atoms with Crippen molar-refractivity contribution in [2.24, 2.45) is 0 Å². The normalized spacial score (nSPS) is 13.2. The molecule has 0 bridgehead atoms. The van der Waals surface area contributed by atoms with Gasteiger partial charge in [-0.25, -0.2) is 18.4 Å². The van der Waals surface area contributed by atoms with Gasteiger partial charge in [-0.2, -0.15) is 4.98 Å². The van der Waals surface area contributed by atoms with E-state index in [9.17, 15) is 8.42 Å². The Balaban J connectivity index is 1.44. The number of rotatable bonds is 6. The van der Waals surface area contributed by atoms with Crippen LogP contribution < -0.4 is 19.7 Å². The summed E-state index contributed by atoms with van der Waals surface area (Å²) in [4.78, 5) is 13.4. The van der Waals surface area contributed by atoms with Crippen LogP contribution in [0.3, 0.4) is 0 Å². The molecule has 0 saturated heterocycles. The van der Waals surface area contributed by atoms with Crippen LogP contribution in [-0.4, -0.2) is 54.4 Å². The summed E-state index contributed by atoms with van der Waals surface area (Å²) in [6.45, 7) is 1.82. The average Bonchev–Trinajstić information content (AvgIpc) is 3.20. The van der Waals surface area contributed by atoms with Crippen molar-refractivity contribution in [2.45, 2.75) is 6.54 Å². The molecule has 0 aliphatic carbocycles. The molecule has 4 heterocycles. The minimum atomic E-state index is -3.44. The number of benzene rings is 1. The highest BCUT2D eigenvalue weighted by atomic mass is 32.2. The molecule has 1 aliphatic rings. The lowest BCUT2D eigenvalue weighted by Gasteiger charge is -2.20. The van der Waals surface area contributed by atoms with Crippen molar-refractivity contribution in [3.63, 3.8) is 0 Å². The number of hydrogen-bond donors (Lipinski definition) is 2. The highest BCUT2D eigenvalue weighted by molar-refractivity contribution is 7.92. The van der Waals surface area contributed by atoms with Crippen LogP contribution in [0.4, 0.5) is 23.1 Å². The molecule has 0 radical (unpaired) electrons. The Hall–Kier alpha value is -3.86. The van der Waals surface area contributed by atoms with E-state index in [0.717, 1.165) is 46.5 Å². The first-order chi connectivity index (χ1) is 15.9. The molecule has 0 atom stereocenters. The molecule has 0 spiro atoms. The van der Waals surface area contributed by atoms with Gasteiger partial charge in [-0.15, -0.1) is 0 Å². The van der Waals surface area contributed by atoms with Gasteiger partial charge in [0, 0.05) is 48.8 Å². The maximum Gasteiger partial charge on any atom is 0.233 e. The summed E-state index contributed by atoms with van der Waals surface area (Å²) in [5.74, 6) is 1.67. The fourth-order valence-electron chi connectivity index (χ4n) is 3.68. The lowest BCUT2D eigenvalue weighted by atomic mass is 10.2. The zero-order valence-corrected chi connectivity index (χ0v) is 19.0. The summed E-state index contributed by atoms with van der Waals surface area (Å²) in [6, 6.07) is 11.4. The number of nitrogens with zero attached hydrogens (tertiary/aromatic N) is 5. The largest absolute Gasteiger partial charge is 0.490 e. The van der Waals surface area contributed by atoms with E-state index in [2.05, 4.69) is 20.6 Å². The van der Waals surface area contributed by atoms with Crippen molar-refractivity contribution in [2.75, 3.05) is 41.4 Å². The van der Waals surface area contributed by atoms with Crippen molar-refractivity contribution >= 4 is 44.2 Å². The number of hydrogen-bond acceptors (Lipinski definition) is 8. The fourth-order valence-corrected chi connectivity index (χ4v) is 4.16. The highest BCUT2D eigenvalue weighted by Gasteiger charge is 2.18. The summed E-state index contributed by atoms with van der Waals surface area (Å²) in [5, 5.41) is 7.44. The molecule has 1 aromatic carbocycles. The van der Waals surface area contributed by atoms with E-state index in [4.69, 9.17) is 9.72 Å². The Labute approximate surface area is 191 Å². The van der Waals surface area contributed by atoms with Gasteiger partial charge in [0.05, 0.1) is 18.5 Å². The van der Waals surface area contributed by atoms with Crippen LogP contribution >= 0.6 is 0 Å². The van der Waals surface area contributed by atoms with E-state index in [1.165, 1.54) is 11.4 Å². The zero-order chi connectivity index (χ0) is 23.0. The Morgan fingerprint density at radius 3 is 2.97 bits per heavy atom. The second-order valence-electron chi connectivity index (χ2n) is 7.74. The Morgan fingerprint density at radius 1 is 1.24 bits per heavy atom. The molecule has 33 heavy (non-hydrogen) atoms. The number of nitrogens with one attached hydrogen (secondary N) is 2. The van der Waals surface area contributed by atoms with Gasteiger partial charge in [-0.1, -0.05) is 6.07 Å². The lowest BCUT2D eigenvalue weighted by molar-refractivity contribution is 0.323. The van der Waals surface area contributed by atoms with Crippen LogP contribution in [0.25, 0.3) is 11.0 Å². The van der Waals surface area contributed by atoms with Crippen LogP contribution in [-0.2, 0) is 16.6 Å². The van der Waals surface area contributed by atoms with Crippen LogP contribution in [0.15, 0.2) is 55.0 Å². The van der Waals surface area contributed by atoms with E-state index in [-0.39, 0.29) is 0 Å². The highest BCUT2D eigenvalue weighted by Crippen LogP contribution is 2.31. The van der Waals surface area contributed by atoms with Crippen LogP contribution in [0.5, 0.6) is 5.75 Å². The molecule has 3 aromatic heterocycles. The molecule has 170 valence electrons. The van der Waals surface area contributed by atoms with Gasteiger partial charge < -0.3 is 19.9 Å². The van der Waals surface area contributed by atoms with Gasteiger partial charge in [-0.3, -0.25) is 4.31 Å². The first kappa shape index (κ1) is 21.0. The molecular formula is C22H23N7O3S. The third-order valence-electron chi connectivity index (χ3n) is 5.42. The van der Waals surface area contributed by atoms with Crippen molar-refractivity contribution in [1.82, 2.24) is 19.5 Å². The predicted octanol–water partition coefficient (Wildman–Crippen LogP) is 2.82. The van der Waals surface area contributed by atoms with Gasteiger partial charge >= 0.3 is 0 Å². The number of aromatic nitrogens is 4. The maximum atomic E-state index is 12.0. The van der Waals surface area contributed by atoms with Crippen molar-refractivity contribution in [1.29, 1.82) is 0 Å². The molecule has 0 unspecified atom stereocenters. The topological polar surface area (TPSA) is 114 Å². The summed E-state index contributed by atoms with van der Waals surface area (Å²) < 4.78 is 32.8. The Bertz CT molecular complexity index is 1440. The molecule has 2 N–H and O–H groups in total. The van der Waals surface area contributed by atoms with Crippen LogP contribution in [0.1, 0.15) is 5.56 Å². The van der Waals surface area contributed by atoms with Crippen molar-refractivity contribution < 1.29 is 13.2 Å². The number of anilines is 4. The maximum absolute atomic E-state index is 12.0. The average molecular weight is 466 g/mol. The fraction of sp³-hybridized carbons (Fsp3) is 0.227. The molecule has 5 rings (SSSR count). The quantitative estimate of drug-likeness (QED) is 0.447. The van der Waals surface area contributed by atoms with Gasteiger partial charge in [0.1, 0.15) is 23.8 Å². The number of pyridine rings is 1. The third-order valence-corrected chi connectivity index (χ3v) is 6.58. The summed E-state index contributed by atoms with van der Waals surface area (Å²) in [5.41, 5.74) is 3.25. The van der Waals surface area contributed by atoms with Gasteiger partial charge in [0.15, 0.2) is 0 Å². The number of sulfonamides is 1. The molecule has 4 aromatic rings. The standard InChI is InChI=1S/C22H23N7O3S/c1-28(33(2,30)31)20-16(4-3-8-24-20)14-29-10-7-15-13-25-22(27-21(15)29)26-17-5-6-19-18(12-17)23-9-11-32-19/h3-8,10,12-13,23H,9,11,14H2,1-2H3,(H,25,26,27). The van der Waals surface area contributed by atoms with E-state index >= 15 is 0 Å². The molecule has 10 nitrogen and oxygen atoms in total. The lowest BCUT2D eigenvalue weighted by Crippen LogP contribution is -2.27. The Morgan fingerprint density at radius 2 is 2.12 bits per heavy atom. The summed E-state index contributed by atoms with van der Waals surface area (Å²) >= 11 is 0. The molecule has 1 aliphatic heterocycles. The monoisotopic (exact) mass is 465 g/mol. The molecule has 0 fully saturated rings. The minimum Gasteiger partial charge on any atom is -0.490 e. The van der Waals surface area contributed by atoms with Gasteiger partial charge in [0.2, 0.25) is 16.0 Å². The first-order valence-electron chi connectivity index (χ1n) is 10.4. The smallest absolute Gasteiger partial charge is 0.233 e. The predicted molar refractivity (Wildman–Crippen MR) is 128 cm³/mol. The van der Waals surface area contributed by atoms with E-state index in [1.54, 1.807) is 18.5 Å². The van der Waals surface area contributed by atoms with E-state index in [1.807, 2.05) is 41.1 Å². The summed E-state index contributed by atoms with van der Waals surface area (Å²) in [7, 11) is -1.94. The molecule has 11 heteroatoms. The molecule has 0 amide bonds. The number of fused-ring (bicyclic) bond motifs is 2. The minimum absolute atomic E-state index is 0.387. The van der Waals surface area contributed by atoms with Gasteiger partial charge in [0.25, 0.3) is 0 Å². The second-order valence-corrected chi connectivity index (χ2v) is 9.76. The molecular weight excluding hydrogens is 442 g/mol. The number of ether oxygens (including phenoxy) is 1. The first-order valence-corrected chi connectivity index (χ1v) is 12.2. The summed E-state index contributed by atoms with van der Waals surface area (Å²) in [6.07, 6.45) is 6.40. The van der Waals surface area contributed by atoms with Gasteiger partial charge in [-0.05, 0) is 30.3 Å².